The first-order valence-electron chi connectivity index (χ1n) is 6.56. The highest BCUT2D eigenvalue weighted by Gasteiger charge is 2.02. The van der Waals surface area contributed by atoms with Crippen LogP contribution in [0, 0.1) is 17.8 Å². The normalized spacial score (nSPS) is 11.8. The standard InChI is InChI=1S/C14H14N6S2/c1-7-5-8(2)17-13(16-7)20-12(15)18-9-3-4-10-11(6-9)22-14(21)19-10/h3-6H,1-2H3,(H,19,21)(H3,15,16,17,18,20). The number of thiazole rings is 1. The average molecular weight is 330 g/mol. The van der Waals surface area contributed by atoms with Crippen molar-refractivity contribution in [3.8, 4) is 0 Å². The van der Waals surface area contributed by atoms with Gasteiger partial charge in [0.25, 0.3) is 5.95 Å². The predicted molar refractivity (Wildman–Crippen MR) is 93.4 cm³/mol. The molecule has 0 aliphatic rings. The number of fused-ring (bicyclic) bond motifs is 1. The fourth-order valence-electron chi connectivity index (χ4n) is 2.06. The third-order valence-corrected chi connectivity index (χ3v) is 4.08. The molecule has 0 aliphatic carbocycles. The summed E-state index contributed by atoms with van der Waals surface area (Å²) in [5.74, 6) is 0.587. The number of nitrogens with zero attached hydrogens (tertiary/aromatic N) is 3. The fraction of sp³-hybridized carbons (Fsp3) is 0.143. The third-order valence-electron chi connectivity index (χ3n) is 2.88. The van der Waals surface area contributed by atoms with Crippen LogP contribution < -0.4 is 11.1 Å². The van der Waals surface area contributed by atoms with Crippen LogP contribution >= 0.6 is 23.6 Å². The van der Waals surface area contributed by atoms with E-state index in [0.717, 1.165) is 31.2 Å². The fourth-order valence-corrected chi connectivity index (χ4v) is 3.22. The van der Waals surface area contributed by atoms with E-state index in [1.807, 2.05) is 38.1 Å². The monoisotopic (exact) mass is 330 g/mol. The Bertz CT molecular complexity index is 904. The van der Waals surface area contributed by atoms with Crippen LogP contribution in [0.25, 0.3) is 10.2 Å². The van der Waals surface area contributed by atoms with Crippen LogP contribution in [0.15, 0.2) is 29.3 Å². The zero-order valence-corrected chi connectivity index (χ0v) is 13.7. The number of aromatic amines is 1. The van der Waals surface area contributed by atoms with Crippen LogP contribution in [0.1, 0.15) is 11.4 Å². The van der Waals surface area contributed by atoms with Crippen molar-refractivity contribution < 1.29 is 0 Å². The minimum atomic E-state index is 0.239. The number of hydrogen-bond acceptors (Lipinski definition) is 5. The number of aromatic nitrogens is 3. The molecule has 0 bridgehead atoms. The first-order chi connectivity index (χ1) is 10.5. The van der Waals surface area contributed by atoms with E-state index in [1.54, 1.807) is 0 Å². The van der Waals surface area contributed by atoms with Gasteiger partial charge in [0.2, 0.25) is 5.96 Å². The summed E-state index contributed by atoms with van der Waals surface area (Å²) >= 11 is 6.65. The molecule has 112 valence electrons. The van der Waals surface area contributed by atoms with Gasteiger partial charge in [-0.1, -0.05) is 0 Å². The molecule has 0 amide bonds. The van der Waals surface area contributed by atoms with Gasteiger partial charge in [-0.25, -0.2) is 9.97 Å². The molecule has 0 radical (unpaired) electrons. The molecule has 0 unspecified atom stereocenters. The largest absolute Gasteiger partial charge is 0.369 e. The highest BCUT2D eigenvalue weighted by Crippen LogP contribution is 2.23. The van der Waals surface area contributed by atoms with Gasteiger partial charge < -0.3 is 16.0 Å². The molecule has 1 aromatic carbocycles. The Morgan fingerprint density at radius 3 is 2.73 bits per heavy atom. The van der Waals surface area contributed by atoms with E-state index >= 15 is 0 Å². The lowest BCUT2D eigenvalue weighted by Crippen LogP contribution is -2.22. The number of hydrogen-bond donors (Lipinski definition) is 3. The average Bonchev–Trinajstić information content (AvgIpc) is 2.76. The number of rotatable bonds is 2. The first kappa shape index (κ1) is 14.6. The van der Waals surface area contributed by atoms with E-state index in [2.05, 4.69) is 25.3 Å². The predicted octanol–water partition coefficient (Wildman–Crippen LogP) is 3.42. The van der Waals surface area contributed by atoms with Gasteiger partial charge in [-0.2, -0.15) is 4.99 Å². The molecule has 2 aromatic heterocycles. The van der Waals surface area contributed by atoms with Crippen LogP contribution in [-0.2, 0) is 0 Å². The number of nitrogens with two attached hydrogens (primary N) is 1. The maximum absolute atomic E-state index is 5.92. The molecule has 0 saturated heterocycles. The second kappa shape index (κ2) is 5.82. The zero-order valence-electron chi connectivity index (χ0n) is 12.0. The quantitative estimate of drug-likeness (QED) is 0.380. The van der Waals surface area contributed by atoms with Gasteiger partial charge in [0.15, 0.2) is 3.95 Å². The van der Waals surface area contributed by atoms with E-state index in [4.69, 9.17) is 18.0 Å². The van der Waals surface area contributed by atoms with Crippen molar-refractivity contribution in [1.29, 1.82) is 0 Å². The summed E-state index contributed by atoms with van der Waals surface area (Å²) in [6.45, 7) is 3.79. The molecule has 4 N–H and O–H groups in total. The molecular formula is C14H14N6S2. The molecule has 0 fully saturated rings. The second-order valence-electron chi connectivity index (χ2n) is 4.80. The van der Waals surface area contributed by atoms with Crippen LogP contribution in [0.5, 0.6) is 0 Å². The summed E-state index contributed by atoms with van der Waals surface area (Å²) in [6.07, 6.45) is 0. The first-order valence-corrected chi connectivity index (χ1v) is 7.78. The Labute approximate surface area is 136 Å². The lowest BCUT2D eigenvalue weighted by molar-refractivity contribution is 1.04. The van der Waals surface area contributed by atoms with Gasteiger partial charge in [-0.05, 0) is 50.3 Å². The van der Waals surface area contributed by atoms with Crippen molar-refractivity contribution in [3.63, 3.8) is 0 Å². The number of H-pyrrole nitrogens is 1. The lowest BCUT2D eigenvalue weighted by Gasteiger charge is -2.05. The van der Waals surface area contributed by atoms with Crippen molar-refractivity contribution >= 4 is 51.4 Å². The van der Waals surface area contributed by atoms with Crippen molar-refractivity contribution in [3.05, 3.63) is 39.6 Å². The molecule has 2 heterocycles. The molecule has 3 rings (SSSR count). The highest BCUT2D eigenvalue weighted by atomic mass is 32.1. The summed E-state index contributed by atoms with van der Waals surface area (Å²) in [5, 5.41) is 3.04. The number of guanidine groups is 1. The zero-order chi connectivity index (χ0) is 15.7. The maximum atomic E-state index is 5.92. The van der Waals surface area contributed by atoms with Gasteiger partial charge in [-0.15, -0.1) is 11.3 Å². The summed E-state index contributed by atoms with van der Waals surface area (Å²) < 4.78 is 1.81. The van der Waals surface area contributed by atoms with E-state index in [0.29, 0.717) is 5.95 Å². The molecule has 0 spiro atoms. The van der Waals surface area contributed by atoms with Gasteiger partial charge >= 0.3 is 0 Å². The lowest BCUT2D eigenvalue weighted by atomic mass is 10.3. The van der Waals surface area contributed by atoms with Gasteiger partial charge in [0.1, 0.15) is 0 Å². The van der Waals surface area contributed by atoms with Crippen LogP contribution in [0.4, 0.5) is 11.6 Å². The Balaban J connectivity index is 1.86. The minimum Gasteiger partial charge on any atom is -0.369 e. The molecule has 0 aliphatic heterocycles. The van der Waals surface area contributed by atoms with Crippen LogP contribution in [0.3, 0.4) is 0 Å². The molecule has 0 atom stereocenters. The maximum Gasteiger partial charge on any atom is 0.253 e. The van der Waals surface area contributed by atoms with Crippen molar-refractivity contribution in [2.75, 3.05) is 5.32 Å². The van der Waals surface area contributed by atoms with Gasteiger partial charge in [0.05, 0.1) is 10.2 Å². The molecular weight excluding hydrogens is 316 g/mol. The number of nitrogens with one attached hydrogen (secondary N) is 2. The smallest absolute Gasteiger partial charge is 0.253 e. The molecule has 8 heteroatoms. The SMILES string of the molecule is Cc1cc(C)nc(N=C(N)Nc2ccc3[nH]c(=S)sc3c2)n1. The Kier molecular flexibility index (Phi) is 3.86. The van der Waals surface area contributed by atoms with Crippen molar-refractivity contribution in [2.45, 2.75) is 13.8 Å². The molecule has 3 aromatic rings. The van der Waals surface area contributed by atoms with Crippen LogP contribution in [-0.4, -0.2) is 20.9 Å². The second-order valence-corrected chi connectivity index (χ2v) is 6.52. The van der Waals surface area contributed by atoms with E-state index in [9.17, 15) is 0 Å². The summed E-state index contributed by atoms with van der Waals surface area (Å²) in [4.78, 5) is 15.8. The Morgan fingerprint density at radius 1 is 1.27 bits per heavy atom. The number of aliphatic imine (C=N–C) groups is 1. The van der Waals surface area contributed by atoms with Gasteiger partial charge in [0, 0.05) is 17.1 Å². The van der Waals surface area contributed by atoms with Gasteiger partial charge in [-0.3, -0.25) is 0 Å². The molecule has 6 nitrogen and oxygen atoms in total. The van der Waals surface area contributed by atoms with E-state index in [-0.39, 0.29) is 5.96 Å². The Morgan fingerprint density at radius 2 is 2.00 bits per heavy atom. The summed E-state index contributed by atoms with van der Waals surface area (Å²) in [6, 6.07) is 7.71. The summed E-state index contributed by atoms with van der Waals surface area (Å²) in [7, 11) is 0. The third kappa shape index (κ3) is 3.29. The number of anilines is 1. The summed E-state index contributed by atoms with van der Waals surface area (Å²) in [5.41, 5.74) is 9.47. The molecule has 0 saturated carbocycles. The van der Waals surface area contributed by atoms with Crippen LogP contribution in [0.2, 0.25) is 0 Å². The molecule has 22 heavy (non-hydrogen) atoms. The van der Waals surface area contributed by atoms with E-state index in [1.165, 1.54) is 11.3 Å². The Hall–Kier alpha value is -2.32. The highest BCUT2D eigenvalue weighted by molar-refractivity contribution is 7.73. The number of benzene rings is 1. The van der Waals surface area contributed by atoms with Crippen molar-refractivity contribution in [1.82, 2.24) is 15.0 Å². The van der Waals surface area contributed by atoms with E-state index < -0.39 is 0 Å². The number of aryl methyl sites for hydroxylation is 2. The van der Waals surface area contributed by atoms with Crippen molar-refractivity contribution in [2.24, 2.45) is 10.7 Å². The topological polar surface area (TPSA) is 92.0 Å². The minimum absolute atomic E-state index is 0.239.